The molecule has 0 heterocycles. The molecule has 0 aliphatic heterocycles. The summed E-state index contributed by atoms with van der Waals surface area (Å²) < 4.78 is 0. The molecule has 1 atom stereocenters. The summed E-state index contributed by atoms with van der Waals surface area (Å²) in [4.78, 5) is 0. The average molecular weight is 129 g/mol. The molecule has 0 aliphatic carbocycles. The molecular weight excluding hydrogens is 115 g/mol. The van der Waals surface area contributed by atoms with Crippen LogP contribution in [0.2, 0.25) is 5.82 Å². The Hall–Kier alpha value is 0.415. The van der Waals surface area contributed by atoms with Crippen LogP contribution in [0.1, 0.15) is 27.2 Å². The van der Waals surface area contributed by atoms with Crippen LogP contribution in [0, 0.1) is 0 Å². The first-order valence-corrected chi connectivity index (χ1v) is 4.31. The molecule has 0 aromatic carbocycles. The Bertz CT molecular complexity index is 47.8. The Labute approximate surface area is 57.6 Å². The largest absolute Gasteiger partial charge is 0.218 e. The Morgan fingerprint density at radius 3 is 2.50 bits per heavy atom. The van der Waals surface area contributed by atoms with Crippen molar-refractivity contribution in [2.45, 2.75) is 33.0 Å². The average Bonchev–Trinajstić information content (AvgIpc) is 1.83. The summed E-state index contributed by atoms with van der Waals surface area (Å²) in [7, 11) is 0. The van der Waals surface area contributed by atoms with Gasteiger partial charge in [0.25, 0.3) is 0 Å². The zero-order chi connectivity index (χ0) is 6.41. The molecule has 8 heavy (non-hydrogen) atoms. The summed E-state index contributed by atoms with van der Waals surface area (Å²) in [5.74, 6) is 2.00. The van der Waals surface area contributed by atoms with Crippen LogP contribution in [-0.2, 0) is 0 Å². The van der Waals surface area contributed by atoms with Crippen molar-refractivity contribution in [2.24, 2.45) is 0 Å². The van der Waals surface area contributed by atoms with Gasteiger partial charge in [-0.3, -0.25) is 0 Å². The van der Waals surface area contributed by atoms with Gasteiger partial charge in [0.05, 0.1) is 0 Å². The van der Waals surface area contributed by atoms with E-state index in [0.29, 0.717) is 0 Å². The van der Waals surface area contributed by atoms with Gasteiger partial charge < -0.3 is 0 Å². The molecule has 2 heteroatoms. The molecule has 0 spiro atoms. The van der Waals surface area contributed by atoms with Crippen LogP contribution in [0.3, 0.4) is 0 Å². The monoisotopic (exact) mass is 129 g/mol. The lowest BCUT2D eigenvalue weighted by molar-refractivity contribution is 0.878. The predicted molar refractivity (Wildman–Crippen MR) is 43.6 cm³/mol. The second-order valence-corrected chi connectivity index (χ2v) is 3.16. The van der Waals surface area contributed by atoms with Gasteiger partial charge in [0.2, 0.25) is 0 Å². The van der Waals surface area contributed by atoms with E-state index in [1.165, 1.54) is 12.2 Å². The summed E-state index contributed by atoms with van der Waals surface area (Å²) in [5, 5.41) is 0. The number of hydrogen-bond donors (Lipinski definition) is 0. The van der Waals surface area contributed by atoms with Crippen LogP contribution in [0.25, 0.3) is 0 Å². The molecule has 0 bridgehead atoms. The zero-order valence-electron chi connectivity index (χ0n) is 5.98. The Kier molecular flexibility index (Phi) is 5.84. The molecule has 0 aromatic rings. The fourth-order valence-corrected chi connectivity index (χ4v) is 1.07. The van der Waals surface area contributed by atoms with E-state index in [4.69, 9.17) is 0 Å². The van der Waals surface area contributed by atoms with Crippen molar-refractivity contribution in [1.29, 1.82) is 0 Å². The lowest BCUT2D eigenvalue weighted by Crippen LogP contribution is -1.92. The maximum Gasteiger partial charge on any atom is 0.194 e. The van der Waals surface area contributed by atoms with E-state index in [9.17, 15) is 0 Å². The van der Waals surface area contributed by atoms with E-state index >= 15 is 0 Å². The van der Waals surface area contributed by atoms with Crippen molar-refractivity contribution in [3.05, 3.63) is 0 Å². The molecule has 47 valence electrons. The number of hydrogen-bond acceptors (Lipinski definition) is 1. The Morgan fingerprint density at radius 2 is 2.12 bits per heavy atom. The minimum absolute atomic E-state index is 0.792. The third kappa shape index (κ3) is 4.57. The normalized spacial score (nSPS) is 13.4. The highest BCUT2D eigenvalue weighted by molar-refractivity contribution is 8.22. The molecule has 0 amide bonds. The fourth-order valence-electron chi connectivity index (χ4n) is 0.357. The highest BCUT2D eigenvalue weighted by Gasteiger charge is 1.98. The third-order valence-corrected chi connectivity index (χ3v) is 2.13. The van der Waals surface area contributed by atoms with Gasteiger partial charge in [-0.25, -0.2) is 11.6 Å². The SMILES string of the molecule is CCS[B]C(C)CC. The highest BCUT2D eigenvalue weighted by Crippen LogP contribution is 2.12. The first-order chi connectivity index (χ1) is 3.81. The third-order valence-electron chi connectivity index (χ3n) is 1.14. The fraction of sp³-hybridized carbons (Fsp3) is 1.00. The standard InChI is InChI=1S/C6H14BS/c1-4-6(3)7-8-5-2/h6H,4-5H2,1-3H3. The van der Waals surface area contributed by atoms with Crippen molar-refractivity contribution in [3.63, 3.8) is 0 Å². The van der Waals surface area contributed by atoms with Crippen LogP contribution in [-0.4, -0.2) is 12.3 Å². The van der Waals surface area contributed by atoms with Crippen molar-refractivity contribution in [2.75, 3.05) is 5.75 Å². The van der Waals surface area contributed by atoms with Crippen molar-refractivity contribution in [1.82, 2.24) is 0 Å². The molecule has 0 saturated carbocycles. The minimum Gasteiger partial charge on any atom is -0.218 e. The van der Waals surface area contributed by atoms with Gasteiger partial charge in [0, 0.05) is 0 Å². The number of rotatable bonds is 4. The molecule has 0 aliphatic rings. The van der Waals surface area contributed by atoms with E-state index in [1.54, 1.807) is 0 Å². The van der Waals surface area contributed by atoms with Gasteiger partial charge in [-0.15, -0.1) is 0 Å². The minimum atomic E-state index is 0.792. The van der Waals surface area contributed by atoms with Gasteiger partial charge in [-0.1, -0.05) is 33.0 Å². The van der Waals surface area contributed by atoms with E-state index < -0.39 is 0 Å². The second kappa shape index (κ2) is 5.55. The lowest BCUT2D eigenvalue weighted by atomic mass is 9.86. The molecular formula is C6H14BS. The van der Waals surface area contributed by atoms with E-state index in [0.717, 1.165) is 5.82 Å². The zero-order valence-corrected chi connectivity index (χ0v) is 6.79. The van der Waals surface area contributed by atoms with Crippen LogP contribution in [0.15, 0.2) is 0 Å². The van der Waals surface area contributed by atoms with E-state index in [2.05, 4.69) is 27.3 Å². The Balaban J connectivity index is 2.86. The highest BCUT2D eigenvalue weighted by atomic mass is 32.2. The summed E-state index contributed by atoms with van der Waals surface area (Å²) >= 11 is 1.92. The summed E-state index contributed by atoms with van der Waals surface area (Å²) in [6.45, 7) is 8.98. The molecule has 0 nitrogen and oxygen atoms in total. The molecule has 0 fully saturated rings. The maximum atomic E-state index is 2.32. The smallest absolute Gasteiger partial charge is 0.194 e. The van der Waals surface area contributed by atoms with Crippen molar-refractivity contribution >= 4 is 18.2 Å². The van der Waals surface area contributed by atoms with Gasteiger partial charge in [-0.2, -0.15) is 0 Å². The van der Waals surface area contributed by atoms with E-state index in [-0.39, 0.29) is 0 Å². The van der Waals surface area contributed by atoms with Crippen LogP contribution < -0.4 is 0 Å². The van der Waals surface area contributed by atoms with Crippen LogP contribution in [0.4, 0.5) is 0 Å². The second-order valence-electron chi connectivity index (χ2n) is 1.98. The topological polar surface area (TPSA) is 0 Å². The van der Waals surface area contributed by atoms with Gasteiger partial charge in [0.1, 0.15) is 0 Å². The van der Waals surface area contributed by atoms with Gasteiger partial charge in [0.15, 0.2) is 6.56 Å². The molecule has 1 radical (unpaired) electrons. The van der Waals surface area contributed by atoms with Crippen LogP contribution in [0.5, 0.6) is 0 Å². The van der Waals surface area contributed by atoms with E-state index in [1.807, 2.05) is 11.6 Å². The molecule has 0 aromatic heterocycles. The molecule has 1 unspecified atom stereocenters. The van der Waals surface area contributed by atoms with Crippen LogP contribution >= 0.6 is 11.6 Å². The van der Waals surface area contributed by atoms with Crippen molar-refractivity contribution < 1.29 is 0 Å². The molecule has 0 saturated heterocycles. The first kappa shape index (κ1) is 8.41. The van der Waals surface area contributed by atoms with Gasteiger partial charge in [-0.05, 0) is 5.75 Å². The lowest BCUT2D eigenvalue weighted by Gasteiger charge is -2.02. The summed E-state index contributed by atoms with van der Waals surface area (Å²) in [6, 6.07) is 0. The Morgan fingerprint density at radius 1 is 1.50 bits per heavy atom. The maximum absolute atomic E-state index is 2.32. The summed E-state index contributed by atoms with van der Waals surface area (Å²) in [5.41, 5.74) is 0. The molecule has 0 rings (SSSR count). The predicted octanol–water partition coefficient (Wildman–Crippen LogP) is 2.58. The molecule has 0 N–H and O–H groups in total. The summed E-state index contributed by atoms with van der Waals surface area (Å²) in [6.07, 6.45) is 1.27. The first-order valence-electron chi connectivity index (χ1n) is 3.26. The van der Waals surface area contributed by atoms with Crippen molar-refractivity contribution in [3.8, 4) is 0 Å². The quantitative estimate of drug-likeness (QED) is 0.525. The van der Waals surface area contributed by atoms with Gasteiger partial charge >= 0.3 is 0 Å².